The molecule has 0 spiro atoms. The van der Waals surface area contributed by atoms with Crippen LogP contribution in [-0.2, 0) is 17.6 Å². The van der Waals surface area contributed by atoms with Crippen molar-refractivity contribution in [1.82, 2.24) is 4.98 Å². The van der Waals surface area contributed by atoms with Crippen molar-refractivity contribution in [3.8, 4) is 17.2 Å². The molecule has 0 unspecified atom stereocenters. The Hall–Kier alpha value is -2.52. The number of ether oxygens (including phenoxy) is 1. The summed E-state index contributed by atoms with van der Waals surface area (Å²) in [6, 6.07) is 10.5. The summed E-state index contributed by atoms with van der Waals surface area (Å²) in [4.78, 5) is 6.61. The van der Waals surface area contributed by atoms with E-state index in [1.54, 1.807) is 0 Å². The monoisotopic (exact) mass is 383 g/mol. The largest absolute Gasteiger partial charge is 0.377 e. The smallest absolute Gasteiger partial charge is 0.242 e. The van der Waals surface area contributed by atoms with Crippen molar-refractivity contribution < 1.29 is 13.5 Å². The molecule has 146 valence electrons. The van der Waals surface area contributed by atoms with Crippen LogP contribution in [0.5, 0.6) is 0 Å². The van der Waals surface area contributed by atoms with Gasteiger partial charge in [0.2, 0.25) is 6.43 Å². The summed E-state index contributed by atoms with van der Waals surface area (Å²) in [6.45, 7) is 5.80. The molecule has 1 fully saturated rings. The lowest BCUT2D eigenvalue weighted by molar-refractivity contribution is 0.0599. The molecule has 2 aromatic rings. The lowest BCUT2D eigenvalue weighted by Gasteiger charge is -2.49. The van der Waals surface area contributed by atoms with Gasteiger partial charge in [-0.15, -0.1) is 0 Å². The fourth-order valence-electron chi connectivity index (χ4n) is 4.35. The van der Waals surface area contributed by atoms with Crippen LogP contribution in [0.25, 0.3) is 11.1 Å². The van der Waals surface area contributed by atoms with E-state index >= 15 is 0 Å². The SMILES string of the molecule is Cc1ncc(CC(F)F)cc1-c1ccc2c(c1)N1CCOC[C@H]1[C@@](C)(C#N)C2. The summed E-state index contributed by atoms with van der Waals surface area (Å²) in [5.74, 6) is 0. The van der Waals surface area contributed by atoms with E-state index in [0.717, 1.165) is 34.6 Å². The first-order valence-electron chi connectivity index (χ1n) is 9.54. The van der Waals surface area contributed by atoms with Gasteiger partial charge in [-0.1, -0.05) is 12.1 Å². The number of rotatable bonds is 3. The van der Waals surface area contributed by atoms with Crippen molar-refractivity contribution in [2.45, 2.75) is 39.2 Å². The Morgan fingerprint density at radius 2 is 2.21 bits per heavy atom. The predicted octanol–water partition coefficient (Wildman–Crippen LogP) is 4.16. The number of aromatic nitrogens is 1. The maximum absolute atomic E-state index is 12.8. The number of benzene rings is 1. The van der Waals surface area contributed by atoms with Crippen LogP contribution in [0, 0.1) is 23.7 Å². The molecule has 3 heterocycles. The van der Waals surface area contributed by atoms with Gasteiger partial charge in [0.05, 0.1) is 30.7 Å². The number of nitriles is 1. The Kier molecular flexibility index (Phi) is 4.80. The van der Waals surface area contributed by atoms with Gasteiger partial charge in [-0.25, -0.2) is 8.78 Å². The minimum atomic E-state index is -2.39. The molecule has 1 saturated heterocycles. The number of pyridine rings is 1. The number of fused-ring (bicyclic) bond motifs is 3. The fraction of sp³-hybridized carbons (Fsp3) is 0.455. The molecule has 2 aliphatic rings. The van der Waals surface area contributed by atoms with Crippen LogP contribution in [0.15, 0.2) is 30.5 Å². The number of anilines is 1. The minimum Gasteiger partial charge on any atom is -0.377 e. The Bertz CT molecular complexity index is 940. The molecule has 4 rings (SSSR count). The third-order valence-electron chi connectivity index (χ3n) is 5.92. The molecular formula is C22H23F2N3O. The van der Waals surface area contributed by atoms with Crippen LogP contribution >= 0.6 is 0 Å². The van der Waals surface area contributed by atoms with Gasteiger partial charge in [0.25, 0.3) is 0 Å². The molecule has 1 aromatic carbocycles. The molecule has 28 heavy (non-hydrogen) atoms. The van der Waals surface area contributed by atoms with Crippen LogP contribution < -0.4 is 4.90 Å². The molecule has 0 radical (unpaired) electrons. The third-order valence-corrected chi connectivity index (χ3v) is 5.92. The van der Waals surface area contributed by atoms with E-state index < -0.39 is 11.8 Å². The van der Waals surface area contributed by atoms with Gasteiger partial charge < -0.3 is 9.64 Å². The number of aryl methyl sites for hydroxylation is 1. The normalized spacial score (nSPS) is 23.9. The zero-order valence-electron chi connectivity index (χ0n) is 16.1. The Morgan fingerprint density at radius 1 is 1.39 bits per heavy atom. The highest BCUT2D eigenvalue weighted by Crippen LogP contribution is 2.43. The molecule has 1 aromatic heterocycles. The van der Waals surface area contributed by atoms with Crippen molar-refractivity contribution >= 4 is 5.69 Å². The van der Waals surface area contributed by atoms with E-state index in [9.17, 15) is 14.0 Å². The van der Waals surface area contributed by atoms with Gasteiger partial charge >= 0.3 is 0 Å². The second-order valence-corrected chi connectivity index (χ2v) is 7.91. The molecule has 0 aliphatic carbocycles. The van der Waals surface area contributed by atoms with Crippen molar-refractivity contribution in [2.75, 3.05) is 24.7 Å². The van der Waals surface area contributed by atoms with Crippen LogP contribution in [-0.4, -0.2) is 37.2 Å². The van der Waals surface area contributed by atoms with E-state index in [0.29, 0.717) is 25.2 Å². The second-order valence-electron chi connectivity index (χ2n) is 7.91. The number of nitrogens with zero attached hydrogens (tertiary/aromatic N) is 3. The standard InChI is InChI=1S/C22H23F2N3O/c1-14-18(7-15(11-26-14)8-21(23)24)16-3-4-17-10-22(2,13-25)20-12-28-6-5-27(20)19(17)9-16/h3-4,7,9,11,20-21H,5-6,8,10,12H2,1-2H3/t20-,22+/m0/s1. The van der Waals surface area contributed by atoms with E-state index in [-0.39, 0.29) is 12.5 Å². The van der Waals surface area contributed by atoms with Gasteiger partial charge in [-0.3, -0.25) is 4.98 Å². The first-order valence-corrected chi connectivity index (χ1v) is 9.54. The van der Waals surface area contributed by atoms with E-state index in [1.165, 1.54) is 6.20 Å². The molecular weight excluding hydrogens is 360 g/mol. The van der Waals surface area contributed by atoms with Crippen LogP contribution in [0.4, 0.5) is 14.5 Å². The minimum absolute atomic E-state index is 0.0124. The average molecular weight is 383 g/mol. The van der Waals surface area contributed by atoms with Crippen LogP contribution in [0.3, 0.4) is 0 Å². The van der Waals surface area contributed by atoms with Crippen molar-refractivity contribution in [1.29, 1.82) is 5.26 Å². The van der Waals surface area contributed by atoms with E-state index in [1.807, 2.05) is 26.0 Å². The quantitative estimate of drug-likeness (QED) is 0.799. The number of alkyl halides is 2. The number of halogens is 2. The first kappa shape index (κ1) is 18.8. The summed E-state index contributed by atoms with van der Waals surface area (Å²) >= 11 is 0. The maximum atomic E-state index is 12.8. The average Bonchev–Trinajstić information content (AvgIpc) is 2.69. The molecule has 0 N–H and O–H groups in total. The highest BCUT2D eigenvalue weighted by atomic mass is 19.3. The number of hydrogen-bond acceptors (Lipinski definition) is 4. The maximum Gasteiger partial charge on any atom is 0.242 e. The van der Waals surface area contributed by atoms with Gasteiger partial charge in [0, 0.05) is 36.1 Å². The van der Waals surface area contributed by atoms with Gasteiger partial charge in [-0.2, -0.15) is 5.26 Å². The Morgan fingerprint density at radius 3 is 2.96 bits per heavy atom. The summed E-state index contributed by atoms with van der Waals surface area (Å²) < 4.78 is 31.3. The Labute approximate surface area is 163 Å². The number of morpholine rings is 1. The molecule has 0 saturated carbocycles. The van der Waals surface area contributed by atoms with Gasteiger partial charge in [-0.05, 0) is 49.1 Å². The summed E-state index contributed by atoms with van der Waals surface area (Å²) in [6.07, 6.45) is -0.484. The fourth-order valence-corrected chi connectivity index (χ4v) is 4.35. The highest BCUT2D eigenvalue weighted by Gasteiger charge is 2.45. The molecule has 4 nitrogen and oxygen atoms in total. The van der Waals surface area contributed by atoms with Crippen LogP contribution in [0.1, 0.15) is 23.7 Å². The topological polar surface area (TPSA) is 49.2 Å². The predicted molar refractivity (Wildman–Crippen MR) is 103 cm³/mol. The number of hydrogen-bond donors (Lipinski definition) is 0. The molecule has 2 aliphatic heterocycles. The van der Waals surface area contributed by atoms with Crippen molar-refractivity contribution in [2.24, 2.45) is 5.41 Å². The summed E-state index contributed by atoms with van der Waals surface area (Å²) in [7, 11) is 0. The zero-order chi connectivity index (χ0) is 19.9. The summed E-state index contributed by atoms with van der Waals surface area (Å²) in [5, 5.41) is 9.78. The van der Waals surface area contributed by atoms with Crippen LogP contribution in [0.2, 0.25) is 0 Å². The lowest BCUT2D eigenvalue weighted by atomic mass is 9.73. The molecule has 0 amide bonds. The molecule has 2 atom stereocenters. The van der Waals surface area contributed by atoms with Crippen molar-refractivity contribution in [3.63, 3.8) is 0 Å². The second kappa shape index (κ2) is 7.14. The van der Waals surface area contributed by atoms with E-state index in [2.05, 4.69) is 28.1 Å². The molecule has 6 heteroatoms. The third kappa shape index (κ3) is 3.24. The highest BCUT2D eigenvalue weighted by molar-refractivity contribution is 5.74. The zero-order valence-corrected chi connectivity index (χ0v) is 16.1. The summed E-state index contributed by atoms with van der Waals surface area (Å²) in [5.41, 5.74) is 4.94. The van der Waals surface area contributed by atoms with Crippen molar-refractivity contribution in [3.05, 3.63) is 47.3 Å². The Balaban J connectivity index is 1.77. The molecule has 0 bridgehead atoms. The van der Waals surface area contributed by atoms with Gasteiger partial charge in [0.1, 0.15) is 0 Å². The first-order chi connectivity index (χ1) is 13.4. The van der Waals surface area contributed by atoms with Gasteiger partial charge in [0.15, 0.2) is 0 Å². The lowest BCUT2D eigenvalue weighted by Crippen LogP contribution is -2.57. The van der Waals surface area contributed by atoms with E-state index in [4.69, 9.17) is 4.74 Å².